The molecule has 1 aliphatic heterocycles. The average molecular weight is 1110 g/mol. The molecule has 0 bridgehead atoms. The third kappa shape index (κ3) is 22.0. The van der Waals surface area contributed by atoms with Gasteiger partial charge in [0.25, 0.3) is 0 Å². The fourth-order valence-electron chi connectivity index (χ4n) is 8.25. The molecule has 428 valence electrons. The number of benzene rings is 6. The molecule has 0 unspecified atom stereocenters. The SMILES string of the molecule is CCCCCCCCCc1ccc(C(=O)Oc2ccc(OC(=O)c3ccc(OCCCC)cc3)cc2)cc1.CCCCOC(=O)CCC(=O)Oc1ccc(C(=O)Oc2ccc(C(=O)Oc3ccc(N4CCN(C)CC4)cc3)cc2)cc1. The van der Waals surface area contributed by atoms with Crippen molar-refractivity contribution in [1.82, 2.24) is 4.90 Å². The quantitative estimate of drug-likeness (QED) is 0.0258. The van der Waals surface area contributed by atoms with Crippen LogP contribution in [0.1, 0.15) is 151 Å². The van der Waals surface area contributed by atoms with E-state index < -0.39 is 35.8 Å². The Labute approximate surface area is 476 Å². The fraction of sp³-hybridized carbons (Fsp3) is 0.364. The first-order chi connectivity index (χ1) is 39.4. The minimum Gasteiger partial charge on any atom is -0.494 e. The zero-order valence-electron chi connectivity index (χ0n) is 47.2. The number of piperazine rings is 1. The number of hydrogen-bond donors (Lipinski definition) is 0. The summed E-state index contributed by atoms with van der Waals surface area (Å²) >= 11 is 0. The molecule has 0 N–H and O–H groups in total. The number of nitrogens with zero attached hydrogens (tertiary/aromatic N) is 2. The van der Waals surface area contributed by atoms with Gasteiger partial charge in [-0.25, -0.2) is 19.2 Å². The summed E-state index contributed by atoms with van der Waals surface area (Å²) in [6.07, 6.45) is 13.6. The lowest BCUT2D eigenvalue weighted by Crippen LogP contribution is -2.44. The van der Waals surface area contributed by atoms with Crippen LogP contribution in [0.5, 0.6) is 34.5 Å². The highest BCUT2D eigenvalue weighted by Gasteiger charge is 2.18. The van der Waals surface area contributed by atoms with E-state index in [2.05, 4.69) is 30.7 Å². The Hall–Kier alpha value is -8.30. The van der Waals surface area contributed by atoms with Gasteiger partial charge in [-0.2, -0.15) is 0 Å². The van der Waals surface area contributed by atoms with Crippen LogP contribution in [-0.4, -0.2) is 87.2 Å². The first-order valence-electron chi connectivity index (χ1n) is 28.3. The van der Waals surface area contributed by atoms with Crippen LogP contribution in [0.3, 0.4) is 0 Å². The van der Waals surface area contributed by atoms with Gasteiger partial charge in [-0.1, -0.05) is 84.3 Å². The molecule has 7 rings (SSSR count). The average Bonchev–Trinajstić information content (AvgIpc) is 3.50. The van der Waals surface area contributed by atoms with Crippen LogP contribution in [0.25, 0.3) is 0 Å². The summed E-state index contributed by atoms with van der Waals surface area (Å²) in [5, 5.41) is 0. The molecule has 81 heavy (non-hydrogen) atoms. The van der Waals surface area contributed by atoms with Gasteiger partial charge in [-0.05, 0) is 172 Å². The van der Waals surface area contributed by atoms with E-state index >= 15 is 0 Å². The van der Waals surface area contributed by atoms with Crippen LogP contribution in [0, 0.1) is 0 Å². The number of carbonyl (C=O) groups excluding carboxylic acids is 6. The molecule has 1 fully saturated rings. The Kier molecular flexibility index (Phi) is 26.0. The summed E-state index contributed by atoms with van der Waals surface area (Å²) in [5.41, 5.74) is 3.81. The van der Waals surface area contributed by atoms with Crippen LogP contribution < -0.4 is 33.3 Å². The number of likely N-dealkylation sites (N-methyl/N-ethyl adjacent to an activating group) is 1. The molecule has 0 aromatic heterocycles. The highest BCUT2D eigenvalue weighted by atomic mass is 16.6. The molecule has 15 heteroatoms. The van der Waals surface area contributed by atoms with E-state index in [1.54, 1.807) is 60.7 Å². The maximum atomic E-state index is 12.6. The third-order valence-electron chi connectivity index (χ3n) is 13.2. The summed E-state index contributed by atoms with van der Waals surface area (Å²) in [4.78, 5) is 78.4. The number of esters is 6. The number of unbranched alkanes of at least 4 members (excludes halogenated alkanes) is 8. The van der Waals surface area contributed by atoms with E-state index in [4.69, 9.17) is 33.2 Å². The topological polar surface area (TPSA) is 174 Å². The number of ether oxygens (including phenoxy) is 7. The van der Waals surface area contributed by atoms with Crippen molar-refractivity contribution in [2.75, 3.05) is 51.3 Å². The molecule has 0 radical (unpaired) electrons. The monoisotopic (exact) mass is 1100 g/mol. The minimum atomic E-state index is -0.622. The largest absolute Gasteiger partial charge is 0.494 e. The van der Waals surface area contributed by atoms with Crippen molar-refractivity contribution in [2.24, 2.45) is 0 Å². The summed E-state index contributed by atoms with van der Waals surface area (Å²) < 4.78 is 37.7. The van der Waals surface area contributed by atoms with Crippen molar-refractivity contribution in [3.8, 4) is 34.5 Å². The van der Waals surface area contributed by atoms with Gasteiger partial charge in [-0.15, -0.1) is 0 Å². The smallest absolute Gasteiger partial charge is 0.343 e. The van der Waals surface area contributed by atoms with Crippen molar-refractivity contribution in [1.29, 1.82) is 0 Å². The standard InChI is InChI=1S/C33H36N2O8.C33H40O5/c1-3-4-23-40-30(36)17-18-31(37)41-27-11-5-24(6-12-27)32(38)42-28-13-7-25(8-14-28)33(39)43-29-15-9-26(10-16-29)35-21-19-34(2)20-22-35;1-3-5-7-8-9-10-11-12-26-13-15-27(16-14-26)32(34)37-30-21-23-31(24-22-30)38-33(35)28-17-19-29(20-18-28)36-25-6-4-2/h5-16H,3-4,17-23H2,1-2H3;13-24H,3-12,25H2,1-2H3. The van der Waals surface area contributed by atoms with Crippen molar-refractivity contribution < 1.29 is 61.9 Å². The van der Waals surface area contributed by atoms with Crippen LogP contribution in [0.4, 0.5) is 5.69 Å². The van der Waals surface area contributed by atoms with E-state index in [0.717, 1.165) is 69.7 Å². The lowest BCUT2D eigenvalue weighted by atomic mass is 10.0. The summed E-state index contributed by atoms with van der Waals surface area (Å²) in [6.45, 7) is 11.2. The maximum Gasteiger partial charge on any atom is 0.343 e. The van der Waals surface area contributed by atoms with Gasteiger partial charge in [0.1, 0.15) is 34.5 Å². The number of carbonyl (C=O) groups is 6. The second kappa shape index (κ2) is 34.0. The van der Waals surface area contributed by atoms with Crippen LogP contribution in [-0.2, 0) is 20.7 Å². The van der Waals surface area contributed by atoms with Crippen molar-refractivity contribution in [2.45, 2.75) is 111 Å². The molecule has 15 nitrogen and oxygen atoms in total. The van der Waals surface area contributed by atoms with Gasteiger partial charge < -0.3 is 43.0 Å². The number of aryl methyl sites for hydroxylation is 1. The van der Waals surface area contributed by atoms with Crippen LogP contribution >= 0.6 is 0 Å². The molecule has 1 saturated heterocycles. The Morgan fingerprint density at radius 1 is 0.370 bits per heavy atom. The Morgan fingerprint density at radius 2 is 0.728 bits per heavy atom. The van der Waals surface area contributed by atoms with E-state index in [-0.39, 0.29) is 29.9 Å². The minimum absolute atomic E-state index is 0.0618. The highest BCUT2D eigenvalue weighted by molar-refractivity contribution is 5.93. The molecule has 0 aliphatic carbocycles. The number of rotatable bonds is 28. The van der Waals surface area contributed by atoms with Crippen molar-refractivity contribution in [3.63, 3.8) is 0 Å². The maximum absolute atomic E-state index is 12.6. The van der Waals surface area contributed by atoms with Crippen molar-refractivity contribution in [3.05, 3.63) is 173 Å². The summed E-state index contributed by atoms with van der Waals surface area (Å²) in [5.74, 6) is -0.650. The first-order valence-corrected chi connectivity index (χ1v) is 28.3. The molecule has 0 amide bonds. The predicted octanol–water partition coefficient (Wildman–Crippen LogP) is 13.5. The zero-order chi connectivity index (χ0) is 57.6. The van der Waals surface area contributed by atoms with Gasteiger partial charge in [-0.3, -0.25) is 9.59 Å². The summed E-state index contributed by atoms with van der Waals surface area (Å²) in [7, 11) is 2.11. The van der Waals surface area contributed by atoms with Gasteiger partial charge in [0.2, 0.25) is 0 Å². The molecular formula is C66H76N2O13. The van der Waals surface area contributed by atoms with Gasteiger partial charge >= 0.3 is 35.8 Å². The molecule has 0 saturated carbocycles. The predicted molar refractivity (Wildman–Crippen MR) is 311 cm³/mol. The van der Waals surface area contributed by atoms with E-state index in [1.807, 2.05) is 43.3 Å². The molecule has 0 spiro atoms. The van der Waals surface area contributed by atoms with E-state index in [0.29, 0.717) is 47.2 Å². The van der Waals surface area contributed by atoms with E-state index in [1.165, 1.54) is 99.0 Å². The second-order valence-electron chi connectivity index (χ2n) is 19.7. The lowest BCUT2D eigenvalue weighted by Gasteiger charge is -2.34. The van der Waals surface area contributed by atoms with Crippen LogP contribution in [0.15, 0.2) is 146 Å². The third-order valence-corrected chi connectivity index (χ3v) is 13.2. The molecule has 6 aromatic carbocycles. The molecule has 1 aliphatic rings. The Morgan fingerprint density at radius 3 is 1.19 bits per heavy atom. The zero-order valence-corrected chi connectivity index (χ0v) is 47.2. The summed E-state index contributed by atoms with van der Waals surface area (Å²) in [6, 6.07) is 40.3. The van der Waals surface area contributed by atoms with Crippen molar-refractivity contribution >= 4 is 41.5 Å². The van der Waals surface area contributed by atoms with E-state index in [9.17, 15) is 28.8 Å². The van der Waals surface area contributed by atoms with Gasteiger partial charge in [0, 0.05) is 31.9 Å². The first kappa shape index (κ1) is 61.9. The normalized spacial score (nSPS) is 12.0. The second-order valence-corrected chi connectivity index (χ2v) is 19.7. The van der Waals surface area contributed by atoms with Crippen LogP contribution in [0.2, 0.25) is 0 Å². The number of anilines is 1. The molecule has 1 heterocycles. The Balaban J connectivity index is 0.000000263. The molecule has 0 atom stereocenters. The highest BCUT2D eigenvalue weighted by Crippen LogP contribution is 2.25. The molecular weight excluding hydrogens is 1030 g/mol. The fourth-order valence-corrected chi connectivity index (χ4v) is 8.25. The van der Waals surface area contributed by atoms with Gasteiger partial charge in [0.05, 0.1) is 48.3 Å². The Bertz CT molecular complexity index is 2880. The number of hydrogen-bond acceptors (Lipinski definition) is 15. The van der Waals surface area contributed by atoms with Gasteiger partial charge in [0.15, 0.2) is 0 Å². The lowest BCUT2D eigenvalue weighted by molar-refractivity contribution is -0.147. The molecule has 6 aromatic rings.